The van der Waals surface area contributed by atoms with Crippen LogP contribution in [0.1, 0.15) is 45.4 Å². The Morgan fingerprint density at radius 2 is 1.93 bits per heavy atom. The number of hydrogen-bond acceptors (Lipinski definition) is 2. The highest BCUT2D eigenvalue weighted by Crippen LogP contribution is 2.28. The third-order valence-corrected chi connectivity index (χ3v) is 3.29. The van der Waals surface area contributed by atoms with Crippen LogP contribution in [0.5, 0.6) is 0 Å². The lowest BCUT2D eigenvalue weighted by Crippen LogP contribution is -2.26. The van der Waals surface area contributed by atoms with Gasteiger partial charge in [0.15, 0.2) is 0 Å². The number of methoxy groups -OCH3 is 1. The predicted octanol–water partition coefficient (Wildman–Crippen LogP) is 2.60. The Morgan fingerprint density at radius 3 is 2.50 bits per heavy atom. The molecule has 0 heterocycles. The Hall–Kier alpha value is -0.0800. The lowest BCUT2D eigenvalue weighted by Gasteiger charge is -2.28. The molecule has 2 atom stereocenters. The van der Waals surface area contributed by atoms with Gasteiger partial charge in [0.1, 0.15) is 0 Å². The second-order valence-corrected chi connectivity index (χ2v) is 4.76. The fraction of sp³-hybridized carbons (Fsp3) is 1.00. The second-order valence-electron chi connectivity index (χ2n) is 4.76. The van der Waals surface area contributed by atoms with Crippen molar-refractivity contribution in [1.82, 2.24) is 0 Å². The van der Waals surface area contributed by atoms with Gasteiger partial charge >= 0.3 is 0 Å². The van der Waals surface area contributed by atoms with Crippen molar-refractivity contribution in [2.24, 2.45) is 11.8 Å². The van der Waals surface area contributed by atoms with E-state index < -0.39 is 0 Å². The Bertz CT molecular complexity index is 141. The summed E-state index contributed by atoms with van der Waals surface area (Å²) in [5.41, 5.74) is 0. The molecule has 1 N–H and O–H groups in total. The van der Waals surface area contributed by atoms with Gasteiger partial charge in [-0.3, -0.25) is 0 Å². The van der Waals surface area contributed by atoms with Gasteiger partial charge in [0.05, 0.1) is 6.10 Å². The van der Waals surface area contributed by atoms with Gasteiger partial charge in [0.2, 0.25) is 0 Å². The highest BCUT2D eigenvalue weighted by atomic mass is 16.5. The third-order valence-electron chi connectivity index (χ3n) is 3.29. The Balaban J connectivity index is 2.21. The highest BCUT2D eigenvalue weighted by molar-refractivity contribution is 4.74. The van der Waals surface area contributed by atoms with Crippen molar-refractivity contribution in [1.29, 1.82) is 0 Å². The summed E-state index contributed by atoms with van der Waals surface area (Å²) in [6, 6.07) is 0. The summed E-state index contributed by atoms with van der Waals surface area (Å²) in [5.74, 6) is 1.04. The average molecular weight is 200 g/mol. The first-order chi connectivity index (χ1) is 6.74. The van der Waals surface area contributed by atoms with Crippen LogP contribution in [0.15, 0.2) is 0 Å². The van der Waals surface area contributed by atoms with Crippen molar-refractivity contribution >= 4 is 0 Å². The summed E-state index contributed by atoms with van der Waals surface area (Å²) in [7, 11) is 1.73. The smallest absolute Gasteiger partial charge is 0.0571 e. The van der Waals surface area contributed by atoms with Crippen molar-refractivity contribution in [3.8, 4) is 0 Å². The van der Waals surface area contributed by atoms with Crippen LogP contribution in [0.3, 0.4) is 0 Å². The first kappa shape index (κ1) is 12.0. The minimum atomic E-state index is -0.0968. The van der Waals surface area contributed by atoms with Crippen LogP contribution in [0, 0.1) is 11.8 Å². The summed E-state index contributed by atoms with van der Waals surface area (Å²) in [6.07, 6.45) is 7.22. The zero-order valence-electron chi connectivity index (χ0n) is 9.54. The molecule has 0 saturated heterocycles. The lowest BCUT2D eigenvalue weighted by atomic mass is 9.82. The molecule has 1 aliphatic carbocycles. The number of rotatable bonds is 5. The standard InChI is InChI=1S/C12H24O2/c1-10(9-14-2)8-12(13)11-6-4-3-5-7-11/h10-13H,3-9H2,1-2H3. The average Bonchev–Trinajstić information content (AvgIpc) is 2.19. The third kappa shape index (κ3) is 3.97. The molecule has 14 heavy (non-hydrogen) atoms. The van der Waals surface area contributed by atoms with Crippen LogP contribution < -0.4 is 0 Å². The molecule has 0 amide bonds. The molecule has 0 aromatic carbocycles. The Labute approximate surface area is 87.7 Å². The molecule has 0 aromatic rings. The summed E-state index contributed by atoms with van der Waals surface area (Å²) >= 11 is 0. The van der Waals surface area contributed by atoms with Gasteiger partial charge in [-0.25, -0.2) is 0 Å². The molecule has 2 heteroatoms. The quantitative estimate of drug-likeness (QED) is 0.739. The highest BCUT2D eigenvalue weighted by Gasteiger charge is 2.22. The van der Waals surface area contributed by atoms with E-state index in [0.717, 1.165) is 13.0 Å². The molecule has 0 aliphatic heterocycles. The molecule has 1 aliphatic rings. The van der Waals surface area contributed by atoms with E-state index in [-0.39, 0.29) is 6.10 Å². The molecule has 0 aromatic heterocycles. The van der Waals surface area contributed by atoms with Gasteiger partial charge in [-0.15, -0.1) is 0 Å². The van der Waals surface area contributed by atoms with Crippen molar-refractivity contribution in [3.63, 3.8) is 0 Å². The topological polar surface area (TPSA) is 29.5 Å². The number of aliphatic hydroxyl groups is 1. The van der Waals surface area contributed by atoms with E-state index in [1.54, 1.807) is 7.11 Å². The molecular formula is C12H24O2. The van der Waals surface area contributed by atoms with Crippen LogP contribution >= 0.6 is 0 Å². The van der Waals surface area contributed by atoms with Gasteiger partial charge in [-0.2, -0.15) is 0 Å². The Morgan fingerprint density at radius 1 is 1.29 bits per heavy atom. The second kappa shape index (κ2) is 6.41. The van der Waals surface area contributed by atoms with Gasteiger partial charge in [-0.05, 0) is 31.1 Å². The predicted molar refractivity (Wildman–Crippen MR) is 58.2 cm³/mol. The van der Waals surface area contributed by atoms with Crippen molar-refractivity contribution in [2.45, 2.75) is 51.6 Å². The molecule has 1 saturated carbocycles. The van der Waals surface area contributed by atoms with Crippen molar-refractivity contribution < 1.29 is 9.84 Å². The van der Waals surface area contributed by atoms with Crippen LogP contribution in [-0.4, -0.2) is 24.9 Å². The van der Waals surface area contributed by atoms with E-state index in [9.17, 15) is 5.11 Å². The molecule has 1 rings (SSSR count). The van der Waals surface area contributed by atoms with Crippen LogP contribution in [0.4, 0.5) is 0 Å². The SMILES string of the molecule is COCC(C)CC(O)C1CCCCC1. The van der Waals surface area contributed by atoms with Gasteiger partial charge in [-0.1, -0.05) is 26.2 Å². The summed E-state index contributed by atoms with van der Waals surface area (Å²) in [6.45, 7) is 2.92. The minimum Gasteiger partial charge on any atom is -0.393 e. The zero-order chi connectivity index (χ0) is 10.4. The maximum Gasteiger partial charge on any atom is 0.0571 e. The minimum absolute atomic E-state index is 0.0968. The van der Waals surface area contributed by atoms with E-state index in [2.05, 4.69) is 6.92 Å². The van der Waals surface area contributed by atoms with Crippen LogP contribution in [0.2, 0.25) is 0 Å². The van der Waals surface area contributed by atoms with Crippen LogP contribution in [0.25, 0.3) is 0 Å². The summed E-state index contributed by atoms with van der Waals surface area (Å²) in [5, 5.41) is 10.0. The van der Waals surface area contributed by atoms with E-state index in [1.807, 2.05) is 0 Å². The normalized spacial score (nSPS) is 23.4. The number of aliphatic hydroxyl groups excluding tert-OH is 1. The molecular weight excluding hydrogens is 176 g/mol. The van der Waals surface area contributed by atoms with E-state index in [0.29, 0.717) is 11.8 Å². The van der Waals surface area contributed by atoms with Gasteiger partial charge in [0, 0.05) is 13.7 Å². The monoisotopic (exact) mass is 200 g/mol. The van der Waals surface area contributed by atoms with E-state index >= 15 is 0 Å². The molecule has 1 fully saturated rings. The van der Waals surface area contributed by atoms with Gasteiger partial charge < -0.3 is 9.84 Å². The molecule has 0 radical (unpaired) electrons. The fourth-order valence-corrected chi connectivity index (χ4v) is 2.48. The molecule has 2 unspecified atom stereocenters. The van der Waals surface area contributed by atoms with E-state index in [4.69, 9.17) is 4.74 Å². The fourth-order valence-electron chi connectivity index (χ4n) is 2.48. The molecule has 84 valence electrons. The first-order valence-electron chi connectivity index (χ1n) is 5.91. The summed E-state index contributed by atoms with van der Waals surface area (Å²) in [4.78, 5) is 0. The van der Waals surface area contributed by atoms with Gasteiger partial charge in [0.25, 0.3) is 0 Å². The molecule has 0 spiro atoms. The zero-order valence-corrected chi connectivity index (χ0v) is 9.54. The Kier molecular flexibility index (Phi) is 5.49. The van der Waals surface area contributed by atoms with Crippen molar-refractivity contribution in [3.05, 3.63) is 0 Å². The largest absolute Gasteiger partial charge is 0.393 e. The maximum absolute atomic E-state index is 10.0. The number of hydrogen-bond donors (Lipinski definition) is 1. The molecule has 0 bridgehead atoms. The maximum atomic E-state index is 10.0. The molecule has 2 nitrogen and oxygen atoms in total. The van der Waals surface area contributed by atoms with Crippen LogP contribution in [-0.2, 0) is 4.74 Å². The van der Waals surface area contributed by atoms with E-state index in [1.165, 1.54) is 32.1 Å². The number of ether oxygens (including phenoxy) is 1. The lowest BCUT2D eigenvalue weighted by molar-refractivity contribution is 0.0479. The first-order valence-corrected chi connectivity index (χ1v) is 5.91. The van der Waals surface area contributed by atoms with Crippen molar-refractivity contribution in [2.75, 3.05) is 13.7 Å². The summed E-state index contributed by atoms with van der Waals surface area (Å²) < 4.78 is 5.08.